The Bertz CT molecular complexity index is 553. The van der Waals surface area contributed by atoms with Crippen molar-refractivity contribution in [1.82, 2.24) is 5.43 Å². The van der Waals surface area contributed by atoms with Crippen molar-refractivity contribution in [2.45, 2.75) is 6.04 Å². The standard InChI is InChI=1S/C13H10BrF3N2/c14-9-5-1-3-7(11(9)16)13(19-18)8-4-2-6-10(15)12(8)17/h1-6,13,19H,18H2. The second-order valence-corrected chi connectivity index (χ2v) is 4.74. The molecule has 0 saturated heterocycles. The average Bonchev–Trinajstić information content (AvgIpc) is 2.40. The SMILES string of the molecule is NNC(c1cccc(F)c1F)c1cccc(Br)c1F. The van der Waals surface area contributed by atoms with E-state index in [9.17, 15) is 13.2 Å². The number of benzene rings is 2. The number of nitrogens with two attached hydrogens (primary N) is 1. The monoisotopic (exact) mass is 330 g/mol. The maximum absolute atomic E-state index is 14.0. The second-order valence-electron chi connectivity index (χ2n) is 3.89. The Balaban J connectivity index is 2.57. The average molecular weight is 331 g/mol. The molecular formula is C13H10BrF3N2. The lowest BCUT2D eigenvalue weighted by atomic mass is 9.98. The van der Waals surface area contributed by atoms with Crippen LogP contribution in [0.25, 0.3) is 0 Å². The summed E-state index contributed by atoms with van der Waals surface area (Å²) in [7, 11) is 0. The Morgan fingerprint density at radius 2 is 1.53 bits per heavy atom. The smallest absolute Gasteiger partial charge is 0.163 e. The summed E-state index contributed by atoms with van der Waals surface area (Å²) in [6.45, 7) is 0. The van der Waals surface area contributed by atoms with Crippen molar-refractivity contribution < 1.29 is 13.2 Å². The van der Waals surface area contributed by atoms with Gasteiger partial charge in [-0.25, -0.2) is 18.6 Å². The molecule has 1 atom stereocenters. The first-order valence-electron chi connectivity index (χ1n) is 5.40. The predicted octanol–water partition coefficient (Wildman–Crippen LogP) is 3.42. The fraction of sp³-hybridized carbons (Fsp3) is 0.0769. The van der Waals surface area contributed by atoms with E-state index >= 15 is 0 Å². The summed E-state index contributed by atoms with van der Waals surface area (Å²) in [5.41, 5.74) is 2.37. The highest BCUT2D eigenvalue weighted by atomic mass is 79.9. The first kappa shape index (κ1) is 14.0. The number of halogens is 4. The van der Waals surface area contributed by atoms with Gasteiger partial charge in [0.15, 0.2) is 11.6 Å². The number of rotatable bonds is 3. The number of hydrogen-bond donors (Lipinski definition) is 2. The van der Waals surface area contributed by atoms with Gasteiger partial charge in [-0.05, 0) is 28.1 Å². The molecule has 0 heterocycles. The van der Waals surface area contributed by atoms with Crippen molar-refractivity contribution in [3.05, 3.63) is 69.4 Å². The summed E-state index contributed by atoms with van der Waals surface area (Å²) in [6, 6.07) is 7.25. The Morgan fingerprint density at radius 3 is 2.16 bits per heavy atom. The number of nitrogens with one attached hydrogen (secondary N) is 1. The van der Waals surface area contributed by atoms with Crippen LogP contribution in [0.15, 0.2) is 40.9 Å². The lowest BCUT2D eigenvalue weighted by Gasteiger charge is -2.18. The van der Waals surface area contributed by atoms with Crippen molar-refractivity contribution in [3.63, 3.8) is 0 Å². The molecule has 1 unspecified atom stereocenters. The van der Waals surface area contributed by atoms with Crippen LogP contribution in [0.1, 0.15) is 17.2 Å². The largest absolute Gasteiger partial charge is 0.271 e. The summed E-state index contributed by atoms with van der Waals surface area (Å²) in [5, 5.41) is 0. The van der Waals surface area contributed by atoms with Gasteiger partial charge in [0.25, 0.3) is 0 Å². The summed E-state index contributed by atoms with van der Waals surface area (Å²) in [6.07, 6.45) is 0. The molecule has 2 aromatic carbocycles. The summed E-state index contributed by atoms with van der Waals surface area (Å²) >= 11 is 3.04. The number of hydrogen-bond acceptors (Lipinski definition) is 2. The minimum Gasteiger partial charge on any atom is -0.271 e. The molecule has 2 nitrogen and oxygen atoms in total. The fourth-order valence-electron chi connectivity index (χ4n) is 1.83. The second kappa shape index (κ2) is 5.73. The fourth-order valence-corrected chi connectivity index (χ4v) is 2.22. The molecule has 19 heavy (non-hydrogen) atoms. The van der Waals surface area contributed by atoms with Gasteiger partial charge in [0, 0.05) is 11.1 Å². The minimum atomic E-state index is -1.05. The normalized spacial score (nSPS) is 12.5. The highest BCUT2D eigenvalue weighted by Crippen LogP contribution is 2.29. The Kier molecular flexibility index (Phi) is 4.24. The van der Waals surface area contributed by atoms with E-state index in [1.54, 1.807) is 6.07 Å². The third-order valence-corrected chi connectivity index (χ3v) is 3.36. The Labute approximate surface area is 116 Å². The van der Waals surface area contributed by atoms with E-state index in [1.807, 2.05) is 0 Å². The minimum absolute atomic E-state index is 0.0560. The molecule has 0 aliphatic heterocycles. The molecule has 0 aromatic heterocycles. The van der Waals surface area contributed by atoms with E-state index in [2.05, 4.69) is 21.4 Å². The molecule has 6 heteroatoms. The maximum Gasteiger partial charge on any atom is 0.163 e. The van der Waals surface area contributed by atoms with Crippen LogP contribution in [0.5, 0.6) is 0 Å². The van der Waals surface area contributed by atoms with Gasteiger partial charge in [0.05, 0.1) is 10.5 Å². The predicted molar refractivity (Wildman–Crippen MR) is 69.6 cm³/mol. The molecule has 0 saturated carbocycles. The van der Waals surface area contributed by atoms with E-state index < -0.39 is 23.5 Å². The van der Waals surface area contributed by atoms with Crippen molar-refractivity contribution in [2.24, 2.45) is 5.84 Å². The van der Waals surface area contributed by atoms with Crippen LogP contribution in [0.3, 0.4) is 0 Å². The lowest BCUT2D eigenvalue weighted by molar-refractivity contribution is 0.477. The highest BCUT2D eigenvalue weighted by molar-refractivity contribution is 9.10. The van der Waals surface area contributed by atoms with Crippen LogP contribution in [-0.2, 0) is 0 Å². The third kappa shape index (κ3) is 2.65. The van der Waals surface area contributed by atoms with Gasteiger partial charge >= 0.3 is 0 Å². The van der Waals surface area contributed by atoms with E-state index in [0.29, 0.717) is 0 Å². The lowest BCUT2D eigenvalue weighted by Crippen LogP contribution is -2.30. The van der Waals surface area contributed by atoms with Gasteiger partial charge in [0.1, 0.15) is 5.82 Å². The van der Waals surface area contributed by atoms with Crippen LogP contribution in [0.4, 0.5) is 13.2 Å². The third-order valence-electron chi connectivity index (χ3n) is 2.75. The maximum atomic E-state index is 14.0. The topological polar surface area (TPSA) is 38.0 Å². The van der Waals surface area contributed by atoms with Crippen LogP contribution >= 0.6 is 15.9 Å². The van der Waals surface area contributed by atoms with Crippen molar-refractivity contribution in [2.75, 3.05) is 0 Å². The van der Waals surface area contributed by atoms with Gasteiger partial charge in [-0.2, -0.15) is 0 Å². The molecule has 0 aliphatic rings. The van der Waals surface area contributed by atoms with E-state index in [-0.39, 0.29) is 15.6 Å². The number of hydrazine groups is 1. The molecule has 100 valence electrons. The van der Waals surface area contributed by atoms with Crippen LogP contribution < -0.4 is 11.3 Å². The Hall–Kier alpha value is -1.37. The zero-order valence-electron chi connectivity index (χ0n) is 9.63. The molecule has 0 aliphatic carbocycles. The zero-order chi connectivity index (χ0) is 14.0. The van der Waals surface area contributed by atoms with Crippen LogP contribution in [-0.4, -0.2) is 0 Å². The molecule has 0 bridgehead atoms. The van der Waals surface area contributed by atoms with E-state index in [0.717, 1.165) is 6.07 Å². The van der Waals surface area contributed by atoms with Crippen molar-refractivity contribution in [1.29, 1.82) is 0 Å². The van der Waals surface area contributed by atoms with Crippen molar-refractivity contribution in [3.8, 4) is 0 Å². The zero-order valence-corrected chi connectivity index (χ0v) is 11.2. The van der Waals surface area contributed by atoms with Crippen LogP contribution in [0, 0.1) is 17.5 Å². The Morgan fingerprint density at radius 1 is 0.947 bits per heavy atom. The quantitative estimate of drug-likeness (QED) is 0.668. The summed E-state index contributed by atoms with van der Waals surface area (Å²) in [4.78, 5) is 0. The summed E-state index contributed by atoms with van der Waals surface area (Å²) < 4.78 is 41.2. The van der Waals surface area contributed by atoms with Gasteiger partial charge < -0.3 is 0 Å². The van der Waals surface area contributed by atoms with Gasteiger partial charge in [0.2, 0.25) is 0 Å². The molecule has 2 rings (SSSR count). The molecule has 0 radical (unpaired) electrons. The van der Waals surface area contributed by atoms with E-state index in [4.69, 9.17) is 5.84 Å². The van der Waals surface area contributed by atoms with E-state index in [1.165, 1.54) is 24.3 Å². The van der Waals surface area contributed by atoms with Crippen LogP contribution in [0.2, 0.25) is 0 Å². The molecule has 0 amide bonds. The van der Waals surface area contributed by atoms with Gasteiger partial charge in [-0.3, -0.25) is 5.84 Å². The molecular weight excluding hydrogens is 321 g/mol. The first-order chi connectivity index (χ1) is 9.06. The molecule has 2 aromatic rings. The van der Waals surface area contributed by atoms with Gasteiger partial charge in [-0.15, -0.1) is 0 Å². The molecule has 3 N–H and O–H groups in total. The molecule has 0 fully saturated rings. The van der Waals surface area contributed by atoms with Crippen molar-refractivity contribution >= 4 is 15.9 Å². The summed E-state index contributed by atoms with van der Waals surface area (Å²) in [5.74, 6) is 2.72. The molecule has 0 spiro atoms. The van der Waals surface area contributed by atoms with Gasteiger partial charge in [-0.1, -0.05) is 24.3 Å². The first-order valence-corrected chi connectivity index (χ1v) is 6.19. The highest BCUT2D eigenvalue weighted by Gasteiger charge is 2.22.